The average molecular weight is 316 g/mol. The number of nitrogens with one attached hydrogen (secondary N) is 1. The molecular formula is C15H14ClN5O. The van der Waals surface area contributed by atoms with Crippen molar-refractivity contribution >= 4 is 17.5 Å². The minimum atomic E-state index is -0.682. The normalized spacial score (nSPS) is 12.1. The lowest BCUT2D eigenvalue weighted by atomic mass is 10.1. The Morgan fingerprint density at radius 2 is 1.82 bits per heavy atom. The Balaban J connectivity index is 1.70. The van der Waals surface area contributed by atoms with Crippen molar-refractivity contribution in [1.29, 1.82) is 0 Å². The molecule has 0 bridgehead atoms. The smallest absolute Gasteiger partial charge is 0.247 e. The number of aliphatic hydroxyl groups is 1. The molecule has 7 heteroatoms. The van der Waals surface area contributed by atoms with Gasteiger partial charge in [-0.05, 0) is 40.3 Å². The molecule has 1 aromatic heterocycles. The van der Waals surface area contributed by atoms with Gasteiger partial charge >= 0.3 is 0 Å². The van der Waals surface area contributed by atoms with Gasteiger partial charge in [-0.25, -0.2) is 0 Å². The third-order valence-electron chi connectivity index (χ3n) is 3.18. The predicted octanol–water partition coefficient (Wildman–Crippen LogP) is 2.46. The van der Waals surface area contributed by atoms with E-state index in [9.17, 15) is 5.11 Å². The van der Waals surface area contributed by atoms with Crippen LogP contribution in [0.1, 0.15) is 11.7 Å². The minimum absolute atomic E-state index is 0.287. The number of aliphatic hydroxyl groups excluding tert-OH is 1. The Labute approximate surface area is 132 Å². The summed E-state index contributed by atoms with van der Waals surface area (Å²) in [5.74, 6) is 0.471. The lowest BCUT2D eigenvalue weighted by Crippen LogP contribution is -2.15. The Kier molecular flexibility index (Phi) is 4.32. The second-order valence-corrected chi connectivity index (χ2v) is 5.13. The van der Waals surface area contributed by atoms with Gasteiger partial charge in [-0.3, -0.25) is 0 Å². The molecule has 3 aromatic rings. The summed E-state index contributed by atoms with van der Waals surface area (Å²) in [6.07, 6.45) is -0.682. The standard InChI is InChI=1S/C15H14ClN5O/c16-12-8-6-11(7-9-12)14(22)10-17-15-18-19-20-21(15)13-4-2-1-3-5-13/h1-9,14,22H,10H2,(H,17,18,20). The number of tetrazole rings is 1. The number of halogens is 1. The van der Waals surface area contributed by atoms with Gasteiger partial charge in [0.15, 0.2) is 0 Å². The molecule has 1 atom stereocenters. The van der Waals surface area contributed by atoms with E-state index in [4.69, 9.17) is 11.6 Å². The third kappa shape index (κ3) is 3.24. The number of aromatic nitrogens is 4. The van der Waals surface area contributed by atoms with Crippen LogP contribution in [0.3, 0.4) is 0 Å². The summed E-state index contributed by atoms with van der Waals surface area (Å²) in [5, 5.41) is 25.4. The van der Waals surface area contributed by atoms with Crippen LogP contribution in [0.4, 0.5) is 5.95 Å². The molecule has 0 saturated carbocycles. The van der Waals surface area contributed by atoms with Crippen LogP contribution in [-0.2, 0) is 0 Å². The summed E-state index contributed by atoms with van der Waals surface area (Å²) >= 11 is 5.84. The predicted molar refractivity (Wildman–Crippen MR) is 84.1 cm³/mol. The number of hydrogen-bond acceptors (Lipinski definition) is 5. The third-order valence-corrected chi connectivity index (χ3v) is 3.43. The van der Waals surface area contributed by atoms with E-state index >= 15 is 0 Å². The van der Waals surface area contributed by atoms with Crippen LogP contribution >= 0.6 is 11.6 Å². The van der Waals surface area contributed by atoms with Gasteiger partial charge in [0.1, 0.15) is 0 Å². The average Bonchev–Trinajstić information content (AvgIpc) is 3.02. The monoisotopic (exact) mass is 315 g/mol. The fourth-order valence-electron chi connectivity index (χ4n) is 2.03. The molecule has 0 amide bonds. The van der Waals surface area contributed by atoms with Gasteiger partial charge in [0.25, 0.3) is 0 Å². The number of para-hydroxylation sites is 1. The van der Waals surface area contributed by atoms with E-state index in [1.54, 1.807) is 28.9 Å². The van der Waals surface area contributed by atoms with Gasteiger partial charge in [0.2, 0.25) is 5.95 Å². The SMILES string of the molecule is OC(CNc1nnnn1-c1ccccc1)c1ccc(Cl)cc1. The topological polar surface area (TPSA) is 75.9 Å². The highest BCUT2D eigenvalue weighted by Crippen LogP contribution is 2.17. The highest BCUT2D eigenvalue weighted by Gasteiger charge is 2.11. The molecule has 22 heavy (non-hydrogen) atoms. The molecule has 2 aromatic carbocycles. The first kappa shape index (κ1) is 14.5. The van der Waals surface area contributed by atoms with Gasteiger partial charge in [0.05, 0.1) is 11.8 Å². The van der Waals surface area contributed by atoms with E-state index in [0.717, 1.165) is 11.3 Å². The molecule has 0 aliphatic rings. The highest BCUT2D eigenvalue weighted by molar-refractivity contribution is 6.30. The summed E-state index contributed by atoms with van der Waals surface area (Å²) in [5.41, 5.74) is 1.62. The van der Waals surface area contributed by atoms with E-state index in [1.807, 2.05) is 30.3 Å². The molecule has 2 N–H and O–H groups in total. The Morgan fingerprint density at radius 3 is 2.55 bits per heavy atom. The lowest BCUT2D eigenvalue weighted by molar-refractivity contribution is 0.191. The summed E-state index contributed by atoms with van der Waals surface area (Å²) in [7, 11) is 0. The number of rotatable bonds is 5. The van der Waals surface area contributed by atoms with Crippen LogP contribution < -0.4 is 5.32 Å². The van der Waals surface area contributed by atoms with Gasteiger partial charge in [-0.15, -0.1) is 0 Å². The molecule has 0 spiro atoms. The molecular weight excluding hydrogens is 302 g/mol. The van der Waals surface area contributed by atoms with Crippen LogP contribution in [0, 0.1) is 0 Å². The van der Waals surface area contributed by atoms with Crippen molar-refractivity contribution in [3.05, 3.63) is 65.2 Å². The lowest BCUT2D eigenvalue weighted by Gasteiger charge is -2.12. The zero-order valence-electron chi connectivity index (χ0n) is 11.6. The number of hydrogen-bond donors (Lipinski definition) is 2. The Morgan fingerprint density at radius 1 is 1.09 bits per heavy atom. The molecule has 0 radical (unpaired) electrons. The molecule has 1 heterocycles. The zero-order valence-corrected chi connectivity index (χ0v) is 12.4. The maximum absolute atomic E-state index is 10.2. The van der Waals surface area contributed by atoms with Gasteiger partial charge in [-0.1, -0.05) is 47.0 Å². The maximum Gasteiger partial charge on any atom is 0.247 e. The number of benzene rings is 2. The fourth-order valence-corrected chi connectivity index (χ4v) is 2.16. The Bertz CT molecular complexity index is 729. The van der Waals surface area contributed by atoms with Crippen molar-refractivity contribution in [2.75, 3.05) is 11.9 Å². The van der Waals surface area contributed by atoms with Crippen LogP contribution in [0.5, 0.6) is 0 Å². The largest absolute Gasteiger partial charge is 0.387 e. The zero-order chi connectivity index (χ0) is 15.4. The second kappa shape index (κ2) is 6.55. The van der Waals surface area contributed by atoms with Crippen LogP contribution in [-0.4, -0.2) is 31.9 Å². The minimum Gasteiger partial charge on any atom is -0.387 e. The molecule has 0 fully saturated rings. The van der Waals surface area contributed by atoms with E-state index in [1.165, 1.54) is 0 Å². The van der Waals surface area contributed by atoms with Gasteiger partial charge in [0, 0.05) is 11.6 Å². The Hall–Kier alpha value is -2.44. The van der Waals surface area contributed by atoms with E-state index < -0.39 is 6.10 Å². The molecule has 1 unspecified atom stereocenters. The summed E-state index contributed by atoms with van der Waals surface area (Å²) in [6.45, 7) is 0.287. The van der Waals surface area contributed by atoms with Gasteiger partial charge in [-0.2, -0.15) is 4.68 Å². The van der Waals surface area contributed by atoms with Crippen molar-refractivity contribution in [3.63, 3.8) is 0 Å². The van der Waals surface area contributed by atoms with Crippen LogP contribution in [0.15, 0.2) is 54.6 Å². The number of anilines is 1. The van der Waals surface area contributed by atoms with E-state index in [-0.39, 0.29) is 6.54 Å². The maximum atomic E-state index is 10.2. The van der Waals surface area contributed by atoms with Crippen molar-refractivity contribution < 1.29 is 5.11 Å². The first-order valence-corrected chi connectivity index (χ1v) is 7.13. The highest BCUT2D eigenvalue weighted by atomic mass is 35.5. The summed E-state index contributed by atoms with van der Waals surface area (Å²) in [4.78, 5) is 0. The van der Waals surface area contributed by atoms with Crippen molar-refractivity contribution in [2.24, 2.45) is 0 Å². The van der Waals surface area contributed by atoms with Crippen LogP contribution in [0.2, 0.25) is 5.02 Å². The second-order valence-electron chi connectivity index (χ2n) is 4.70. The van der Waals surface area contributed by atoms with Gasteiger partial charge < -0.3 is 10.4 Å². The molecule has 0 saturated heterocycles. The molecule has 112 valence electrons. The van der Waals surface area contributed by atoms with E-state index in [2.05, 4.69) is 20.8 Å². The first-order valence-electron chi connectivity index (χ1n) is 6.75. The molecule has 3 rings (SSSR count). The van der Waals surface area contributed by atoms with Crippen molar-refractivity contribution in [1.82, 2.24) is 20.2 Å². The molecule has 6 nitrogen and oxygen atoms in total. The van der Waals surface area contributed by atoms with Crippen molar-refractivity contribution in [3.8, 4) is 5.69 Å². The fraction of sp³-hybridized carbons (Fsp3) is 0.133. The van der Waals surface area contributed by atoms with Crippen molar-refractivity contribution in [2.45, 2.75) is 6.10 Å². The van der Waals surface area contributed by atoms with E-state index in [0.29, 0.717) is 11.0 Å². The quantitative estimate of drug-likeness (QED) is 0.756. The number of nitrogens with zero attached hydrogens (tertiary/aromatic N) is 4. The van der Waals surface area contributed by atoms with Crippen LogP contribution in [0.25, 0.3) is 5.69 Å². The first-order chi connectivity index (χ1) is 10.7. The summed E-state index contributed by atoms with van der Waals surface area (Å²) < 4.78 is 1.58. The summed E-state index contributed by atoms with van der Waals surface area (Å²) in [6, 6.07) is 16.6. The molecule has 0 aliphatic carbocycles. The molecule has 0 aliphatic heterocycles.